The van der Waals surface area contributed by atoms with Gasteiger partial charge in [-0.15, -0.1) is 0 Å². The van der Waals surface area contributed by atoms with Crippen LogP contribution in [0.5, 0.6) is 0 Å². The minimum atomic E-state index is -0.172. The van der Waals surface area contributed by atoms with Gasteiger partial charge in [0.15, 0.2) is 0 Å². The maximum Gasteiger partial charge on any atom is 0.313 e. The normalized spacial score (nSPS) is 26.4. The fourth-order valence-electron chi connectivity index (χ4n) is 2.72. The van der Waals surface area contributed by atoms with Gasteiger partial charge in [0.2, 0.25) is 0 Å². The van der Waals surface area contributed by atoms with E-state index in [1.165, 1.54) is 26.4 Å². The molecule has 0 amide bonds. The van der Waals surface area contributed by atoms with E-state index < -0.39 is 0 Å². The number of hydrogen-bond donors (Lipinski definition) is 1. The highest BCUT2D eigenvalue weighted by Crippen LogP contribution is 2.54. The minimum absolute atomic E-state index is 0.0104. The lowest BCUT2D eigenvalue weighted by Crippen LogP contribution is -2.47. The highest BCUT2D eigenvalue weighted by Gasteiger charge is 2.58. The van der Waals surface area contributed by atoms with Gasteiger partial charge in [0.05, 0.1) is 12.5 Å². The van der Waals surface area contributed by atoms with Crippen molar-refractivity contribution in [1.29, 1.82) is 0 Å². The molecule has 0 aliphatic heterocycles. The molecule has 14 heavy (non-hydrogen) atoms. The summed E-state index contributed by atoms with van der Waals surface area (Å²) in [5.74, 6) is 0.686. The van der Waals surface area contributed by atoms with Crippen LogP contribution in [0.2, 0.25) is 0 Å². The summed E-state index contributed by atoms with van der Waals surface area (Å²) >= 11 is 0. The van der Waals surface area contributed by atoms with Crippen molar-refractivity contribution in [3.05, 3.63) is 0 Å². The number of carbonyl (C=O) groups excluding carboxylic acids is 1. The Labute approximate surface area is 85.2 Å². The second-order valence-electron chi connectivity index (χ2n) is 4.61. The Morgan fingerprint density at radius 3 is 2.43 bits per heavy atom. The molecule has 1 atom stereocenters. The van der Waals surface area contributed by atoms with Crippen LogP contribution in [0.25, 0.3) is 0 Å². The fraction of sp³-hybridized carbons (Fsp3) is 0.909. The van der Waals surface area contributed by atoms with Crippen molar-refractivity contribution in [2.45, 2.75) is 38.1 Å². The van der Waals surface area contributed by atoms with Crippen LogP contribution in [0.1, 0.15) is 32.1 Å². The summed E-state index contributed by atoms with van der Waals surface area (Å²) in [7, 11) is 3.46. The lowest BCUT2D eigenvalue weighted by Gasteiger charge is -2.37. The van der Waals surface area contributed by atoms with E-state index in [2.05, 4.69) is 5.32 Å². The Morgan fingerprint density at radius 2 is 2.14 bits per heavy atom. The van der Waals surface area contributed by atoms with Crippen molar-refractivity contribution in [2.75, 3.05) is 14.2 Å². The average Bonchev–Trinajstić information content (AvgIpc) is 2.90. The molecule has 1 unspecified atom stereocenters. The number of esters is 1. The third-order valence-corrected chi connectivity index (χ3v) is 3.91. The molecule has 2 aliphatic carbocycles. The van der Waals surface area contributed by atoms with E-state index >= 15 is 0 Å². The van der Waals surface area contributed by atoms with E-state index in [0.29, 0.717) is 12.0 Å². The predicted molar refractivity (Wildman–Crippen MR) is 53.9 cm³/mol. The Morgan fingerprint density at radius 1 is 1.50 bits per heavy atom. The van der Waals surface area contributed by atoms with E-state index in [1.54, 1.807) is 0 Å². The van der Waals surface area contributed by atoms with E-state index in [0.717, 1.165) is 12.8 Å². The number of rotatable bonds is 4. The Hall–Kier alpha value is -0.570. The molecule has 2 aliphatic rings. The Kier molecular flexibility index (Phi) is 2.52. The molecule has 2 saturated carbocycles. The number of carbonyl (C=O) groups is 1. The maximum atomic E-state index is 11.7. The molecular formula is C11H19NO2. The zero-order valence-electron chi connectivity index (χ0n) is 9.01. The first kappa shape index (κ1) is 9.97. The highest BCUT2D eigenvalue weighted by atomic mass is 16.5. The number of ether oxygens (including phenoxy) is 1. The van der Waals surface area contributed by atoms with Crippen LogP contribution < -0.4 is 5.32 Å². The van der Waals surface area contributed by atoms with Gasteiger partial charge in [-0.2, -0.15) is 0 Å². The zero-order valence-corrected chi connectivity index (χ0v) is 9.01. The van der Waals surface area contributed by atoms with Crippen molar-refractivity contribution in [1.82, 2.24) is 5.32 Å². The standard InChI is InChI=1S/C11H19NO2/c1-12-9(8-4-3-5-8)11(6-7-11)10(13)14-2/h8-9,12H,3-7H2,1-2H3. The van der Waals surface area contributed by atoms with E-state index in [-0.39, 0.29) is 11.4 Å². The second-order valence-corrected chi connectivity index (χ2v) is 4.61. The lowest BCUT2D eigenvalue weighted by molar-refractivity contribution is -0.149. The van der Waals surface area contributed by atoms with Crippen molar-refractivity contribution in [2.24, 2.45) is 11.3 Å². The van der Waals surface area contributed by atoms with Crippen LogP contribution in [0.3, 0.4) is 0 Å². The number of nitrogens with one attached hydrogen (secondary N) is 1. The van der Waals surface area contributed by atoms with Crippen LogP contribution in [-0.4, -0.2) is 26.2 Å². The molecule has 0 bridgehead atoms. The molecule has 80 valence electrons. The van der Waals surface area contributed by atoms with Crippen molar-refractivity contribution in [3.8, 4) is 0 Å². The van der Waals surface area contributed by atoms with Gasteiger partial charge in [-0.25, -0.2) is 0 Å². The number of methoxy groups -OCH3 is 1. The molecule has 0 radical (unpaired) electrons. The van der Waals surface area contributed by atoms with Gasteiger partial charge >= 0.3 is 5.97 Å². The molecule has 1 N–H and O–H groups in total. The molecule has 3 nitrogen and oxygen atoms in total. The third-order valence-electron chi connectivity index (χ3n) is 3.91. The van der Waals surface area contributed by atoms with E-state index in [4.69, 9.17) is 4.74 Å². The largest absolute Gasteiger partial charge is 0.469 e. The van der Waals surface area contributed by atoms with Gasteiger partial charge in [0.25, 0.3) is 0 Å². The summed E-state index contributed by atoms with van der Waals surface area (Å²) < 4.78 is 4.90. The lowest BCUT2D eigenvalue weighted by atomic mass is 9.73. The molecule has 0 heterocycles. The SMILES string of the molecule is CNC(C1CCC1)C1(C(=O)OC)CC1. The summed E-state index contributed by atoms with van der Waals surface area (Å²) in [6, 6.07) is 0.351. The molecule has 2 rings (SSSR count). The second kappa shape index (κ2) is 3.54. The van der Waals surface area contributed by atoms with Gasteiger partial charge in [0, 0.05) is 6.04 Å². The smallest absolute Gasteiger partial charge is 0.313 e. The maximum absolute atomic E-state index is 11.7. The van der Waals surface area contributed by atoms with Gasteiger partial charge in [0.1, 0.15) is 0 Å². The summed E-state index contributed by atoms with van der Waals surface area (Å²) in [5.41, 5.74) is -0.172. The van der Waals surface area contributed by atoms with Crippen LogP contribution in [0, 0.1) is 11.3 Å². The molecule has 0 aromatic carbocycles. The Balaban J connectivity index is 2.06. The van der Waals surface area contributed by atoms with Crippen LogP contribution in [-0.2, 0) is 9.53 Å². The van der Waals surface area contributed by atoms with E-state index in [9.17, 15) is 4.79 Å². The molecule has 0 aromatic rings. The van der Waals surface area contributed by atoms with Crippen LogP contribution >= 0.6 is 0 Å². The summed E-state index contributed by atoms with van der Waals surface area (Å²) in [4.78, 5) is 11.7. The third kappa shape index (κ3) is 1.34. The van der Waals surface area contributed by atoms with Gasteiger partial charge < -0.3 is 10.1 Å². The first-order valence-corrected chi connectivity index (χ1v) is 5.50. The first-order valence-electron chi connectivity index (χ1n) is 5.50. The highest BCUT2D eigenvalue weighted by molar-refractivity contribution is 5.80. The first-order chi connectivity index (χ1) is 6.74. The van der Waals surface area contributed by atoms with Gasteiger partial charge in [-0.1, -0.05) is 6.42 Å². The summed E-state index contributed by atoms with van der Waals surface area (Å²) in [6.07, 6.45) is 5.86. The molecule has 3 heteroatoms. The van der Waals surface area contributed by atoms with E-state index in [1.807, 2.05) is 7.05 Å². The average molecular weight is 197 g/mol. The molecular weight excluding hydrogens is 178 g/mol. The zero-order chi connectivity index (χ0) is 10.2. The monoisotopic (exact) mass is 197 g/mol. The minimum Gasteiger partial charge on any atom is -0.469 e. The molecule has 0 spiro atoms. The van der Waals surface area contributed by atoms with Crippen LogP contribution in [0.15, 0.2) is 0 Å². The van der Waals surface area contributed by atoms with Crippen molar-refractivity contribution in [3.63, 3.8) is 0 Å². The molecule has 0 aromatic heterocycles. The fourth-order valence-corrected chi connectivity index (χ4v) is 2.72. The van der Waals surface area contributed by atoms with Gasteiger partial charge in [-0.05, 0) is 38.6 Å². The predicted octanol–water partition coefficient (Wildman–Crippen LogP) is 1.33. The topological polar surface area (TPSA) is 38.3 Å². The van der Waals surface area contributed by atoms with Crippen molar-refractivity contribution >= 4 is 5.97 Å². The summed E-state index contributed by atoms with van der Waals surface area (Å²) in [6.45, 7) is 0. The Bertz CT molecular complexity index is 231. The van der Waals surface area contributed by atoms with Crippen LogP contribution in [0.4, 0.5) is 0 Å². The van der Waals surface area contributed by atoms with Crippen molar-refractivity contribution < 1.29 is 9.53 Å². The van der Waals surface area contributed by atoms with Gasteiger partial charge in [-0.3, -0.25) is 4.79 Å². The summed E-state index contributed by atoms with van der Waals surface area (Å²) in [5, 5.41) is 3.32. The molecule has 2 fully saturated rings. The number of hydrogen-bond acceptors (Lipinski definition) is 3. The molecule has 0 saturated heterocycles. The quantitative estimate of drug-likeness (QED) is 0.691.